The summed E-state index contributed by atoms with van der Waals surface area (Å²) in [6, 6.07) is 9.72. The van der Waals surface area contributed by atoms with Gasteiger partial charge < -0.3 is 24.2 Å². The van der Waals surface area contributed by atoms with E-state index in [0.717, 1.165) is 11.1 Å². The molecule has 8 heteroatoms. The highest BCUT2D eigenvalue weighted by atomic mass is 16.4. The van der Waals surface area contributed by atoms with Gasteiger partial charge in [0.05, 0.1) is 27.8 Å². The lowest BCUT2D eigenvalue weighted by Gasteiger charge is -2.17. The van der Waals surface area contributed by atoms with E-state index in [1.807, 2.05) is 13.8 Å². The van der Waals surface area contributed by atoms with Crippen molar-refractivity contribution in [1.29, 1.82) is 0 Å². The average Bonchev–Trinajstić information content (AvgIpc) is 2.82. The van der Waals surface area contributed by atoms with E-state index in [9.17, 15) is 29.7 Å². The highest BCUT2D eigenvalue weighted by Crippen LogP contribution is 2.39. The van der Waals surface area contributed by atoms with Crippen molar-refractivity contribution in [3.63, 3.8) is 0 Å². The zero-order valence-electron chi connectivity index (χ0n) is 18.0. The van der Waals surface area contributed by atoms with Crippen LogP contribution in [0.5, 0.6) is 11.5 Å². The fraction of sp³-hybridized carbons (Fsp3) is 0.240. The Bertz CT molecular complexity index is 1400. The number of aliphatic hydroxyl groups excluding tert-OH is 1. The monoisotopic (exact) mass is 450 g/mol. The van der Waals surface area contributed by atoms with E-state index in [0.29, 0.717) is 12.8 Å². The highest BCUT2D eigenvalue weighted by molar-refractivity contribution is 5.96. The van der Waals surface area contributed by atoms with Gasteiger partial charge in [0.15, 0.2) is 5.78 Å². The maximum atomic E-state index is 12.9. The Labute approximate surface area is 187 Å². The van der Waals surface area contributed by atoms with E-state index in [4.69, 9.17) is 8.83 Å². The molecule has 0 bridgehead atoms. The topological polar surface area (TPSA) is 138 Å². The third-order valence-corrected chi connectivity index (χ3v) is 5.83. The molecule has 0 aliphatic heterocycles. The van der Waals surface area contributed by atoms with Crippen molar-refractivity contribution in [1.82, 2.24) is 0 Å². The van der Waals surface area contributed by atoms with Crippen molar-refractivity contribution in [2.24, 2.45) is 0 Å². The molecule has 0 radical (unpaired) electrons. The van der Waals surface area contributed by atoms with Gasteiger partial charge in [-0.3, -0.25) is 4.79 Å². The van der Waals surface area contributed by atoms with Gasteiger partial charge in [0.2, 0.25) is 0 Å². The summed E-state index contributed by atoms with van der Waals surface area (Å²) in [5.74, 6) is -3.92. The van der Waals surface area contributed by atoms with Crippen molar-refractivity contribution < 1.29 is 28.9 Å². The first kappa shape index (κ1) is 22.3. The van der Waals surface area contributed by atoms with Crippen LogP contribution in [-0.4, -0.2) is 27.7 Å². The minimum Gasteiger partial charge on any atom is -0.507 e. The molecule has 0 aliphatic rings. The zero-order valence-corrected chi connectivity index (χ0v) is 18.0. The van der Waals surface area contributed by atoms with Crippen LogP contribution in [0.3, 0.4) is 0 Å². The Morgan fingerprint density at radius 2 is 1.24 bits per heavy atom. The molecule has 2 aromatic carbocycles. The van der Waals surface area contributed by atoms with E-state index in [-0.39, 0.29) is 21.9 Å². The number of carbonyl (C=O) groups is 1. The first-order chi connectivity index (χ1) is 15.8. The second-order valence-electron chi connectivity index (χ2n) is 7.73. The average molecular weight is 450 g/mol. The lowest BCUT2D eigenvalue weighted by atomic mass is 9.87. The SMILES string of the molecule is CCc1ccc2oc(=O)c(C(C(=O)CO)c3c(O)c4cc(CC)ccc4oc3=O)c(O)c2c1. The van der Waals surface area contributed by atoms with Crippen LogP contribution in [0.25, 0.3) is 21.9 Å². The zero-order chi connectivity index (χ0) is 23.9. The number of aryl methyl sites for hydroxylation is 2. The number of fused-ring (bicyclic) bond motifs is 2. The molecule has 3 N–H and O–H groups in total. The van der Waals surface area contributed by atoms with Crippen LogP contribution in [0, 0.1) is 0 Å². The first-order valence-electron chi connectivity index (χ1n) is 10.5. The molecule has 2 aromatic heterocycles. The third kappa shape index (κ3) is 3.68. The Morgan fingerprint density at radius 3 is 1.61 bits per heavy atom. The normalized spacial score (nSPS) is 11.5. The van der Waals surface area contributed by atoms with Crippen molar-refractivity contribution in [2.45, 2.75) is 32.6 Å². The van der Waals surface area contributed by atoms with Crippen LogP contribution in [0.2, 0.25) is 0 Å². The molecule has 0 saturated heterocycles. The van der Waals surface area contributed by atoms with Crippen molar-refractivity contribution in [2.75, 3.05) is 6.61 Å². The van der Waals surface area contributed by atoms with Crippen LogP contribution in [-0.2, 0) is 17.6 Å². The van der Waals surface area contributed by atoms with E-state index in [2.05, 4.69) is 0 Å². The van der Waals surface area contributed by atoms with Gasteiger partial charge in [0, 0.05) is 0 Å². The predicted molar refractivity (Wildman–Crippen MR) is 121 cm³/mol. The molecule has 2 heterocycles. The fourth-order valence-corrected chi connectivity index (χ4v) is 4.00. The summed E-state index contributed by atoms with van der Waals surface area (Å²) in [4.78, 5) is 38.5. The minimum absolute atomic E-state index is 0.0935. The molecular weight excluding hydrogens is 428 g/mol. The largest absolute Gasteiger partial charge is 0.507 e. The van der Waals surface area contributed by atoms with Crippen molar-refractivity contribution in [3.8, 4) is 11.5 Å². The van der Waals surface area contributed by atoms with Crippen molar-refractivity contribution in [3.05, 3.63) is 79.5 Å². The van der Waals surface area contributed by atoms with E-state index in [1.165, 1.54) is 12.1 Å². The first-order valence-corrected chi connectivity index (χ1v) is 10.5. The summed E-state index contributed by atoms with van der Waals surface area (Å²) >= 11 is 0. The number of aromatic hydroxyl groups is 2. The number of hydrogen-bond donors (Lipinski definition) is 3. The maximum Gasteiger partial charge on any atom is 0.344 e. The van der Waals surface area contributed by atoms with Gasteiger partial charge in [0.25, 0.3) is 0 Å². The summed E-state index contributed by atoms with van der Waals surface area (Å²) in [5, 5.41) is 31.9. The Kier molecular flexibility index (Phi) is 5.78. The van der Waals surface area contributed by atoms with Gasteiger partial charge in [-0.15, -0.1) is 0 Å². The van der Waals surface area contributed by atoms with Crippen molar-refractivity contribution >= 4 is 27.7 Å². The summed E-state index contributed by atoms with van der Waals surface area (Å²) in [7, 11) is 0. The number of aliphatic hydroxyl groups is 1. The molecule has 0 saturated carbocycles. The second-order valence-corrected chi connectivity index (χ2v) is 7.73. The van der Waals surface area contributed by atoms with Gasteiger partial charge >= 0.3 is 11.3 Å². The number of benzene rings is 2. The van der Waals surface area contributed by atoms with Crippen LogP contribution in [0.4, 0.5) is 0 Å². The molecule has 4 aromatic rings. The van der Waals surface area contributed by atoms with Crippen LogP contribution in [0.15, 0.2) is 54.8 Å². The molecule has 0 spiro atoms. The smallest absolute Gasteiger partial charge is 0.344 e. The molecule has 0 unspecified atom stereocenters. The molecule has 4 rings (SSSR count). The summed E-state index contributed by atoms with van der Waals surface area (Å²) in [5.41, 5.74) is -1.39. The van der Waals surface area contributed by atoms with Gasteiger partial charge in [-0.2, -0.15) is 0 Å². The molecular formula is C25H22O8. The Morgan fingerprint density at radius 1 is 0.818 bits per heavy atom. The van der Waals surface area contributed by atoms with Crippen LogP contribution >= 0.6 is 0 Å². The number of rotatable bonds is 6. The standard InChI is InChI=1S/C25H22O8/c1-3-12-5-7-17-14(9-12)22(28)20(24(30)32-17)19(16(27)11-26)21-23(29)15-10-13(4-2)6-8-18(15)33-25(21)31/h5-10,19,26,28-29H,3-4,11H2,1-2H3. The van der Waals surface area contributed by atoms with E-state index in [1.54, 1.807) is 24.3 Å². The van der Waals surface area contributed by atoms with Gasteiger partial charge in [-0.25, -0.2) is 9.59 Å². The lowest BCUT2D eigenvalue weighted by Crippen LogP contribution is -2.28. The van der Waals surface area contributed by atoms with Crippen LogP contribution in [0.1, 0.15) is 42.0 Å². The number of hydrogen-bond acceptors (Lipinski definition) is 8. The molecule has 170 valence electrons. The number of carbonyl (C=O) groups excluding carboxylic acids is 1. The Hall–Kier alpha value is -3.91. The van der Waals surface area contributed by atoms with Gasteiger partial charge in [0.1, 0.15) is 29.3 Å². The summed E-state index contributed by atoms with van der Waals surface area (Å²) in [6.07, 6.45) is 1.27. The van der Waals surface area contributed by atoms with Gasteiger partial charge in [-0.1, -0.05) is 26.0 Å². The summed E-state index contributed by atoms with van der Waals surface area (Å²) < 4.78 is 10.6. The lowest BCUT2D eigenvalue weighted by molar-refractivity contribution is -0.122. The fourth-order valence-electron chi connectivity index (χ4n) is 4.00. The van der Waals surface area contributed by atoms with E-state index < -0.39 is 52.2 Å². The van der Waals surface area contributed by atoms with Crippen LogP contribution < -0.4 is 11.3 Å². The molecule has 0 amide bonds. The molecule has 0 aliphatic carbocycles. The third-order valence-electron chi connectivity index (χ3n) is 5.83. The molecule has 0 fully saturated rings. The quantitative estimate of drug-likeness (QED) is 0.381. The predicted octanol–water partition coefficient (Wildman–Crippen LogP) is 3.13. The number of ketones is 1. The maximum absolute atomic E-state index is 12.9. The summed E-state index contributed by atoms with van der Waals surface area (Å²) in [6.45, 7) is 2.75. The van der Waals surface area contributed by atoms with Gasteiger partial charge in [-0.05, 0) is 48.2 Å². The molecule has 0 atom stereocenters. The molecule has 8 nitrogen and oxygen atoms in total. The highest BCUT2D eigenvalue weighted by Gasteiger charge is 2.35. The number of Topliss-reactive ketones (excluding diaryl/α,β-unsaturated/α-hetero) is 1. The second kappa shape index (κ2) is 8.55. The van der Waals surface area contributed by atoms with E-state index >= 15 is 0 Å². The molecule has 33 heavy (non-hydrogen) atoms. The Balaban J connectivity index is 2.08. The minimum atomic E-state index is -1.80.